The highest BCUT2D eigenvalue weighted by Crippen LogP contribution is 2.56. The van der Waals surface area contributed by atoms with Crippen LogP contribution < -0.4 is 4.90 Å². The van der Waals surface area contributed by atoms with E-state index in [1.807, 2.05) is 0 Å². The van der Waals surface area contributed by atoms with E-state index in [4.69, 9.17) is 0 Å². The first-order chi connectivity index (χ1) is 25.8. The van der Waals surface area contributed by atoms with Gasteiger partial charge in [0.1, 0.15) is 0 Å². The summed E-state index contributed by atoms with van der Waals surface area (Å²) in [7, 11) is 0. The Kier molecular flexibility index (Phi) is 6.94. The third kappa shape index (κ3) is 4.77. The Hall–Kier alpha value is -6.18. The molecule has 0 aromatic heterocycles. The van der Waals surface area contributed by atoms with E-state index in [2.05, 4.69) is 209 Å². The van der Waals surface area contributed by atoms with Crippen molar-refractivity contribution >= 4 is 27.8 Å². The summed E-state index contributed by atoms with van der Waals surface area (Å²) in [6.45, 7) is 9.51. The lowest BCUT2D eigenvalue weighted by molar-refractivity contribution is 0.660. The predicted molar refractivity (Wildman–Crippen MR) is 225 cm³/mol. The number of nitrogens with zero attached hydrogens (tertiary/aromatic N) is 1. The van der Waals surface area contributed by atoms with Gasteiger partial charge in [-0.05, 0) is 120 Å². The molecule has 8 aromatic carbocycles. The van der Waals surface area contributed by atoms with Gasteiger partial charge >= 0.3 is 0 Å². The SMILES string of the molecule is CC1(C)c2ccccc2-c2ccc(N(c3ccc(-c4ccccc4)cc3)c3ccc4c5c(c(-c6ccccc6)cc4c3)-c3ccccc3C5(C)C)cc21. The van der Waals surface area contributed by atoms with Crippen molar-refractivity contribution < 1.29 is 0 Å². The summed E-state index contributed by atoms with van der Waals surface area (Å²) in [6.07, 6.45) is 0. The minimum absolute atomic E-state index is 0.0973. The zero-order valence-corrected chi connectivity index (χ0v) is 30.7. The normalized spacial score (nSPS) is 14.3. The van der Waals surface area contributed by atoms with Crippen LogP contribution in [0.15, 0.2) is 176 Å². The maximum atomic E-state index is 2.45. The number of rotatable bonds is 5. The second kappa shape index (κ2) is 11.7. The first kappa shape index (κ1) is 31.5. The quantitative estimate of drug-likeness (QED) is 0.175. The second-order valence-corrected chi connectivity index (χ2v) is 15.8. The standard InChI is InChI=1S/C52H41N/c1-51(2)46-21-13-11-19-42(46)43-30-28-40(33-48(43)51)53(38-25-23-35(24-26-38)34-15-7-5-8-16-34)39-27-29-41-37(31-39)32-45(36-17-9-6-10-18-36)49-44-20-12-14-22-47(44)52(3,4)50(41)49/h5-33H,1-4H3. The molecule has 0 bridgehead atoms. The van der Waals surface area contributed by atoms with E-state index in [0.29, 0.717) is 0 Å². The molecule has 0 unspecified atom stereocenters. The van der Waals surface area contributed by atoms with Crippen molar-refractivity contribution in [3.05, 3.63) is 198 Å². The van der Waals surface area contributed by atoms with Crippen LogP contribution in [0.3, 0.4) is 0 Å². The number of benzene rings is 8. The molecule has 0 radical (unpaired) electrons. The minimum Gasteiger partial charge on any atom is -0.310 e. The molecule has 2 aliphatic rings. The Labute approximate surface area is 312 Å². The van der Waals surface area contributed by atoms with Crippen molar-refractivity contribution in [2.24, 2.45) is 0 Å². The molecule has 53 heavy (non-hydrogen) atoms. The summed E-state index contributed by atoms with van der Waals surface area (Å²) in [5.41, 5.74) is 19.1. The third-order valence-electron chi connectivity index (χ3n) is 12.0. The van der Waals surface area contributed by atoms with Gasteiger partial charge in [0.15, 0.2) is 0 Å². The summed E-state index contributed by atoms with van der Waals surface area (Å²) in [4.78, 5) is 2.45. The zero-order chi connectivity index (χ0) is 35.9. The van der Waals surface area contributed by atoms with Crippen LogP contribution >= 0.6 is 0 Å². The monoisotopic (exact) mass is 679 g/mol. The van der Waals surface area contributed by atoms with Gasteiger partial charge in [0.25, 0.3) is 0 Å². The van der Waals surface area contributed by atoms with Gasteiger partial charge in [0.05, 0.1) is 0 Å². The highest BCUT2D eigenvalue weighted by Gasteiger charge is 2.39. The number of anilines is 3. The van der Waals surface area contributed by atoms with Gasteiger partial charge in [0.2, 0.25) is 0 Å². The fourth-order valence-corrected chi connectivity index (χ4v) is 9.40. The molecule has 0 aliphatic heterocycles. The van der Waals surface area contributed by atoms with E-state index in [9.17, 15) is 0 Å². The van der Waals surface area contributed by atoms with Gasteiger partial charge in [-0.2, -0.15) is 0 Å². The fraction of sp³-hybridized carbons (Fsp3) is 0.115. The van der Waals surface area contributed by atoms with Gasteiger partial charge in [-0.3, -0.25) is 0 Å². The minimum atomic E-state index is -0.135. The van der Waals surface area contributed by atoms with Crippen molar-refractivity contribution in [2.45, 2.75) is 38.5 Å². The molecule has 254 valence electrons. The molecule has 2 aliphatic carbocycles. The topological polar surface area (TPSA) is 3.24 Å². The van der Waals surface area contributed by atoms with Crippen LogP contribution in [-0.4, -0.2) is 0 Å². The highest BCUT2D eigenvalue weighted by atomic mass is 15.1. The molecular formula is C52H41N. The van der Waals surface area contributed by atoms with Crippen LogP contribution in [0.5, 0.6) is 0 Å². The van der Waals surface area contributed by atoms with E-state index >= 15 is 0 Å². The summed E-state index contributed by atoms with van der Waals surface area (Å²) in [5, 5.41) is 2.57. The van der Waals surface area contributed by atoms with Gasteiger partial charge in [-0.25, -0.2) is 0 Å². The number of fused-ring (bicyclic) bond motifs is 8. The van der Waals surface area contributed by atoms with Crippen LogP contribution in [0.1, 0.15) is 49.9 Å². The Balaban J connectivity index is 1.19. The molecular weight excluding hydrogens is 639 g/mol. The number of hydrogen-bond acceptors (Lipinski definition) is 1. The molecule has 0 saturated heterocycles. The Bertz CT molecular complexity index is 2700. The van der Waals surface area contributed by atoms with Crippen molar-refractivity contribution in [1.82, 2.24) is 0 Å². The van der Waals surface area contributed by atoms with Gasteiger partial charge in [-0.15, -0.1) is 0 Å². The fourth-order valence-electron chi connectivity index (χ4n) is 9.40. The summed E-state index contributed by atoms with van der Waals surface area (Å²) >= 11 is 0. The lowest BCUT2D eigenvalue weighted by Crippen LogP contribution is -2.17. The summed E-state index contributed by atoms with van der Waals surface area (Å²) < 4.78 is 0. The molecule has 1 heteroatoms. The third-order valence-corrected chi connectivity index (χ3v) is 12.0. The van der Waals surface area contributed by atoms with Crippen LogP contribution in [0.2, 0.25) is 0 Å². The molecule has 10 rings (SSSR count). The van der Waals surface area contributed by atoms with Crippen molar-refractivity contribution in [2.75, 3.05) is 4.90 Å². The first-order valence-electron chi connectivity index (χ1n) is 18.8. The van der Waals surface area contributed by atoms with Gasteiger partial charge in [0, 0.05) is 27.9 Å². The Morgan fingerprint density at radius 2 is 0.887 bits per heavy atom. The summed E-state index contributed by atoms with van der Waals surface area (Å²) in [6, 6.07) is 65.2. The second-order valence-electron chi connectivity index (χ2n) is 15.8. The molecule has 0 N–H and O–H groups in total. The Morgan fingerprint density at radius 3 is 1.60 bits per heavy atom. The lowest BCUT2D eigenvalue weighted by atomic mass is 9.79. The van der Waals surface area contributed by atoms with Gasteiger partial charge < -0.3 is 4.90 Å². The van der Waals surface area contributed by atoms with Crippen LogP contribution in [0, 0.1) is 0 Å². The van der Waals surface area contributed by atoms with Crippen molar-refractivity contribution in [1.29, 1.82) is 0 Å². The maximum absolute atomic E-state index is 2.45. The molecule has 0 atom stereocenters. The van der Waals surface area contributed by atoms with Crippen LogP contribution in [0.4, 0.5) is 17.1 Å². The maximum Gasteiger partial charge on any atom is 0.0468 e. The molecule has 0 fully saturated rings. The van der Waals surface area contributed by atoms with E-state index in [-0.39, 0.29) is 10.8 Å². The smallest absolute Gasteiger partial charge is 0.0468 e. The van der Waals surface area contributed by atoms with E-state index in [0.717, 1.165) is 17.1 Å². The average molecular weight is 680 g/mol. The van der Waals surface area contributed by atoms with Crippen LogP contribution in [0.25, 0.3) is 55.3 Å². The predicted octanol–water partition coefficient (Wildman–Crippen LogP) is 14.3. The largest absolute Gasteiger partial charge is 0.310 e. The molecule has 1 nitrogen and oxygen atoms in total. The highest BCUT2D eigenvalue weighted by molar-refractivity contribution is 6.06. The average Bonchev–Trinajstić information content (AvgIpc) is 3.58. The van der Waals surface area contributed by atoms with E-state index in [1.165, 1.54) is 77.5 Å². The Morgan fingerprint density at radius 1 is 0.358 bits per heavy atom. The zero-order valence-electron chi connectivity index (χ0n) is 30.7. The number of hydrogen-bond donors (Lipinski definition) is 0. The molecule has 0 amide bonds. The summed E-state index contributed by atoms with van der Waals surface area (Å²) in [5.74, 6) is 0. The first-order valence-corrected chi connectivity index (χ1v) is 18.8. The van der Waals surface area contributed by atoms with E-state index in [1.54, 1.807) is 0 Å². The lowest BCUT2D eigenvalue weighted by Gasteiger charge is -2.29. The van der Waals surface area contributed by atoms with E-state index < -0.39 is 0 Å². The molecule has 0 saturated carbocycles. The molecule has 0 spiro atoms. The van der Waals surface area contributed by atoms with Crippen molar-refractivity contribution in [3.63, 3.8) is 0 Å². The molecule has 0 heterocycles. The molecule has 8 aromatic rings. The van der Waals surface area contributed by atoms with Crippen LogP contribution in [-0.2, 0) is 10.8 Å². The van der Waals surface area contributed by atoms with Gasteiger partial charge in [-0.1, -0.05) is 161 Å². The van der Waals surface area contributed by atoms with Crippen molar-refractivity contribution in [3.8, 4) is 44.5 Å².